The Hall–Kier alpha value is -1.68. The van der Waals surface area contributed by atoms with Gasteiger partial charge in [-0.2, -0.15) is 0 Å². The van der Waals surface area contributed by atoms with Crippen LogP contribution in [0.25, 0.3) is 10.6 Å². The fraction of sp³-hybridized carbons (Fsp3) is 0.333. The van der Waals surface area contributed by atoms with Crippen LogP contribution >= 0.6 is 11.3 Å². The number of aryl methyl sites for hydroxylation is 1. The fourth-order valence-electron chi connectivity index (χ4n) is 2.31. The van der Waals surface area contributed by atoms with Gasteiger partial charge in [-0.1, -0.05) is 12.1 Å². The number of fused-ring (bicyclic) bond motifs is 1. The van der Waals surface area contributed by atoms with E-state index < -0.39 is 0 Å². The van der Waals surface area contributed by atoms with E-state index in [9.17, 15) is 4.79 Å². The topological polar surface area (TPSA) is 39.2 Å². The van der Waals surface area contributed by atoms with Gasteiger partial charge in [-0.3, -0.25) is 4.79 Å². The Morgan fingerprint density at radius 1 is 1.32 bits per heavy atom. The highest BCUT2D eigenvalue weighted by Gasteiger charge is 2.23. The molecule has 1 heterocycles. The summed E-state index contributed by atoms with van der Waals surface area (Å²) in [4.78, 5) is 17.4. The number of thiazole rings is 1. The van der Waals surface area contributed by atoms with Gasteiger partial charge < -0.3 is 4.74 Å². The number of Topliss-reactive ketones (excluding diaryl/α,β-unsaturated/α-hetero) is 1. The predicted molar refractivity (Wildman–Crippen MR) is 76.0 cm³/mol. The second-order valence-electron chi connectivity index (χ2n) is 4.50. The third kappa shape index (κ3) is 2.28. The minimum Gasteiger partial charge on any atom is -0.493 e. The highest BCUT2D eigenvalue weighted by Crippen LogP contribution is 2.36. The van der Waals surface area contributed by atoms with Crippen molar-refractivity contribution in [1.82, 2.24) is 4.98 Å². The van der Waals surface area contributed by atoms with Crippen LogP contribution in [0.4, 0.5) is 0 Å². The van der Waals surface area contributed by atoms with Crippen molar-refractivity contribution in [3.63, 3.8) is 0 Å². The molecule has 19 heavy (non-hydrogen) atoms. The maximum Gasteiger partial charge on any atom is 0.174 e. The lowest BCUT2D eigenvalue weighted by Gasteiger charge is -2.07. The van der Waals surface area contributed by atoms with Crippen LogP contribution in [-0.4, -0.2) is 17.4 Å². The van der Waals surface area contributed by atoms with Crippen molar-refractivity contribution >= 4 is 17.1 Å². The lowest BCUT2D eigenvalue weighted by molar-refractivity contribution is 0.0976. The zero-order valence-corrected chi connectivity index (χ0v) is 11.6. The van der Waals surface area contributed by atoms with Crippen molar-refractivity contribution in [2.24, 2.45) is 0 Å². The number of rotatable bonds is 3. The molecule has 0 spiro atoms. The van der Waals surface area contributed by atoms with Crippen LogP contribution < -0.4 is 4.74 Å². The Kier molecular flexibility index (Phi) is 3.34. The Bertz CT molecular complexity index is 618. The van der Waals surface area contributed by atoms with Crippen LogP contribution in [0.15, 0.2) is 24.3 Å². The Labute approximate surface area is 116 Å². The smallest absolute Gasteiger partial charge is 0.174 e. The highest BCUT2D eigenvalue weighted by atomic mass is 32.1. The first kappa shape index (κ1) is 12.4. The molecule has 2 aromatic rings. The van der Waals surface area contributed by atoms with E-state index in [1.807, 2.05) is 31.2 Å². The molecule has 4 heteroatoms. The van der Waals surface area contributed by atoms with Crippen LogP contribution in [0.3, 0.4) is 0 Å². The molecular weight excluding hydrogens is 258 g/mol. The molecule has 0 saturated carbocycles. The zero-order valence-electron chi connectivity index (χ0n) is 10.8. The molecule has 0 fully saturated rings. The second-order valence-corrected chi connectivity index (χ2v) is 5.50. The molecule has 0 saturated heterocycles. The number of carbonyl (C=O) groups is 1. The minimum absolute atomic E-state index is 0.235. The molecule has 0 N–H and O–H groups in total. The van der Waals surface area contributed by atoms with Gasteiger partial charge in [0.1, 0.15) is 10.8 Å². The minimum atomic E-state index is 0.235. The van der Waals surface area contributed by atoms with E-state index in [0.717, 1.165) is 39.7 Å². The molecular formula is C15H15NO2S. The van der Waals surface area contributed by atoms with E-state index in [1.54, 1.807) is 0 Å². The molecule has 1 aromatic heterocycles. The molecule has 0 unspecified atom stereocenters. The number of benzene rings is 1. The molecule has 1 aliphatic carbocycles. The highest BCUT2D eigenvalue weighted by molar-refractivity contribution is 7.17. The maximum atomic E-state index is 11.9. The van der Waals surface area contributed by atoms with Gasteiger partial charge in [0.25, 0.3) is 0 Å². The van der Waals surface area contributed by atoms with Gasteiger partial charge in [-0.15, -0.1) is 11.3 Å². The van der Waals surface area contributed by atoms with Gasteiger partial charge in [-0.05, 0) is 31.9 Å². The molecule has 1 aromatic carbocycles. The first-order valence-electron chi connectivity index (χ1n) is 6.54. The zero-order chi connectivity index (χ0) is 13.2. The molecule has 3 rings (SSSR count). The summed E-state index contributed by atoms with van der Waals surface area (Å²) in [6, 6.07) is 7.87. The summed E-state index contributed by atoms with van der Waals surface area (Å²) in [7, 11) is 0. The summed E-state index contributed by atoms with van der Waals surface area (Å²) in [6.07, 6.45) is 2.48. The Morgan fingerprint density at radius 2 is 2.16 bits per heavy atom. The van der Waals surface area contributed by atoms with E-state index in [-0.39, 0.29) is 5.78 Å². The van der Waals surface area contributed by atoms with E-state index >= 15 is 0 Å². The van der Waals surface area contributed by atoms with Crippen LogP contribution in [0, 0.1) is 0 Å². The summed E-state index contributed by atoms with van der Waals surface area (Å²) in [6.45, 7) is 2.59. The Balaban J connectivity index is 2.05. The van der Waals surface area contributed by atoms with Crippen molar-refractivity contribution in [1.29, 1.82) is 0 Å². The van der Waals surface area contributed by atoms with Crippen LogP contribution in [-0.2, 0) is 6.42 Å². The molecule has 3 nitrogen and oxygen atoms in total. The molecule has 0 atom stereocenters. The molecule has 0 radical (unpaired) electrons. The quantitative estimate of drug-likeness (QED) is 0.855. The van der Waals surface area contributed by atoms with Gasteiger partial charge in [0.15, 0.2) is 5.78 Å². The van der Waals surface area contributed by atoms with Crippen LogP contribution in [0.2, 0.25) is 0 Å². The number of ether oxygens (including phenoxy) is 1. The standard InChI is InChI=1S/C15H15NO2S/c1-2-18-13-9-4-3-6-10(13)15-16-11-7-5-8-12(17)14(11)19-15/h3-4,6,9H,2,5,7-8H2,1H3. The van der Waals surface area contributed by atoms with Gasteiger partial charge in [0.05, 0.1) is 22.7 Å². The summed E-state index contributed by atoms with van der Waals surface area (Å²) in [5, 5.41) is 0.893. The first-order valence-corrected chi connectivity index (χ1v) is 7.36. The Morgan fingerprint density at radius 3 is 2.95 bits per heavy atom. The number of carbonyl (C=O) groups excluding carboxylic acids is 1. The van der Waals surface area contributed by atoms with Crippen LogP contribution in [0.1, 0.15) is 35.1 Å². The van der Waals surface area contributed by atoms with Gasteiger partial charge in [0, 0.05) is 6.42 Å². The summed E-state index contributed by atoms with van der Waals surface area (Å²) < 4.78 is 5.63. The SMILES string of the molecule is CCOc1ccccc1-c1nc2c(s1)C(=O)CCC2. The van der Waals surface area contributed by atoms with E-state index in [2.05, 4.69) is 4.98 Å². The van der Waals surface area contributed by atoms with Crippen molar-refractivity contribution in [3.8, 4) is 16.3 Å². The molecule has 0 aliphatic heterocycles. The van der Waals surface area contributed by atoms with E-state index in [1.165, 1.54) is 11.3 Å². The average Bonchev–Trinajstić information content (AvgIpc) is 2.85. The number of para-hydroxylation sites is 1. The summed E-state index contributed by atoms with van der Waals surface area (Å²) >= 11 is 1.50. The number of hydrogen-bond donors (Lipinski definition) is 0. The normalized spacial score (nSPS) is 14.3. The van der Waals surface area contributed by atoms with Gasteiger partial charge in [-0.25, -0.2) is 4.98 Å². The monoisotopic (exact) mass is 273 g/mol. The lowest BCUT2D eigenvalue weighted by Crippen LogP contribution is -2.07. The average molecular weight is 273 g/mol. The lowest BCUT2D eigenvalue weighted by atomic mass is 10.0. The summed E-state index contributed by atoms with van der Waals surface area (Å²) in [5.41, 5.74) is 1.94. The van der Waals surface area contributed by atoms with Gasteiger partial charge in [0.2, 0.25) is 0 Å². The predicted octanol–water partition coefficient (Wildman–Crippen LogP) is 3.73. The van der Waals surface area contributed by atoms with Crippen molar-refractivity contribution < 1.29 is 9.53 Å². The second kappa shape index (κ2) is 5.13. The number of aromatic nitrogens is 1. The third-order valence-corrected chi connectivity index (χ3v) is 4.36. The van der Waals surface area contributed by atoms with Crippen molar-refractivity contribution in [2.75, 3.05) is 6.61 Å². The van der Waals surface area contributed by atoms with Crippen LogP contribution in [0.5, 0.6) is 5.75 Å². The number of hydrogen-bond acceptors (Lipinski definition) is 4. The molecule has 1 aliphatic rings. The summed E-state index contributed by atoms with van der Waals surface area (Å²) in [5.74, 6) is 1.07. The van der Waals surface area contributed by atoms with E-state index in [4.69, 9.17) is 4.74 Å². The first-order chi connectivity index (χ1) is 9.29. The van der Waals surface area contributed by atoms with Crippen molar-refractivity contribution in [2.45, 2.75) is 26.2 Å². The molecule has 98 valence electrons. The number of ketones is 1. The number of nitrogens with zero attached hydrogens (tertiary/aromatic N) is 1. The van der Waals surface area contributed by atoms with Gasteiger partial charge >= 0.3 is 0 Å². The van der Waals surface area contributed by atoms with E-state index in [0.29, 0.717) is 13.0 Å². The third-order valence-electron chi connectivity index (χ3n) is 3.19. The maximum absolute atomic E-state index is 11.9. The largest absolute Gasteiger partial charge is 0.493 e. The molecule has 0 bridgehead atoms. The fourth-order valence-corrected chi connectivity index (χ4v) is 3.42. The molecule has 0 amide bonds. The van der Waals surface area contributed by atoms with Crippen molar-refractivity contribution in [3.05, 3.63) is 34.8 Å².